The second-order valence-corrected chi connectivity index (χ2v) is 5.78. The first kappa shape index (κ1) is 10.3. The van der Waals surface area contributed by atoms with Gasteiger partial charge in [0, 0.05) is 0 Å². The van der Waals surface area contributed by atoms with Crippen LogP contribution in [0.4, 0.5) is 0 Å². The van der Waals surface area contributed by atoms with E-state index in [0.717, 1.165) is 6.42 Å². The second kappa shape index (κ2) is 3.04. The molecule has 0 unspecified atom stereocenters. The van der Waals surface area contributed by atoms with E-state index in [2.05, 4.69) is 62.4 Å². The summed E-state index contributed by atoms with van der Waals surface area (Å²) in [6, 6.07) is 17.4. The highest BCUT2D eigenvalue weighted by molar-refractivity contribution is 5.57. The predicted molar refractivity (Wildman–Crippen MR) is 71.6 cm³/mol. The molecule has 1 nitrogen and oxygen atoms in total. The van der Waals surface area contributed by atoms with Crippen molar-refractivity contribution in [1.29, 1.82) is 0 Å². The quantitative estimate of drug-likeness (QED) is 0.636. The molecule has 0 atom stereocenters. The van der Waals surface area contributed by atoms with E-state index in [-0.39, 0.29) is 11.2 Å². The molecular formula is C17H16O. The van der Waals surface area contributed by atoms with E-state index in [1.165, 1.54) is 22.3 Å². The van der Waals surface area contributed by atoms with Crippen molar-refractivity contribution in [2.24, 2.45) is 0 Å². The Labute approximate surface area is 107 Å². The molecule has 4 rings (SSSR count). The normalized spacial score (nSPS) is 21.2. The van der Waals surface area contributed by atoms with Gasteiger partial charge in [-0.3, -0.25) is 0 Å². The van der Waals surface area contributed by atoms with E-state index in [1.807, 2.05) is 0 Å². The number of rotatable bonds is 0. The van der Waals surface area contributed by atoms with Gasteiger partial charge in [0.05, 0.1) is 0 Å². The maximum atomic E-state index is 6.19. The summed E-state index contributed by atoms with van der Waals surface area (Å²) in [6.07, 6.45) is 1.02. The first-order valence-corrected chi connectivity index (χ1v) is 6.52. The van der Waals surface area contributed by atoms with Crippen LogP contribution in [0.5, 0.6) is 0 Å². The summed E-state index contributed by atoms with van der Waals surface area (Å²) < 4.78 is 6.19. The SMILES string of the molecule is CC1(C)OC12c1ccccc1Cc1ccccc12. The summed E-state index contributed by atoms with van der Waals surface area (Å²) >= 11 is 0. The number of fused-ring (bicyclic) bond motifs is 4. The van der Waals surface area contributed by atoms with Gasteiger partial charge in [-0.2, -0.15) is 0 Å². The number of epoxide rings is 1. The van der Waals surface area contributed by atoms with Crippen molar-refractivity contribution < 1.29 is 4.74 Å². The molecule has 1 saturated heterocycles. The van der Waals surface area contributed by atoms with Crippen LogP contribution in [0.2, 0.25) is 0 Å². The minimum atomic E-state index is -0.210. The van der Waals surface area contributed by atoms with Crippen molar-refractivity contribution in [3.63, 3.8) is 0 Å². The topological polar surface area (TPSA) is 12.5 Å². The third-order valence-electron chi connectivity index (χ3n) is 4.39. The third-order valence-corrected chi connectivity index (χ3v) is 4.39. The van der Waals surface area contributed by atoms with Crippen LogP contribution in [0.15, 0.2) is 48.5 Å². The molecule has 2 aliphatic rings. The molecular weight excluding hydrogens is 220 g/mol. The standard InChI is InChI=1S/C17H16O/c1-16(2)17(18-16)14-9-5-3-7-12(14)11-13-8-4-6-10-15(13)17/h3-10H,11H2,1-2H3. The van der Waals surface area contributed by atoms with E-state index >= 15 is 0 Å². The molecule has 2 aromatic carbocycles. The molecule has 0 aromatic heterocycles. The Hall–Kier alpha value is -1.60. The lowest BCUT2D eigenvalue weighted by molar-refractivity contribution is 0.295. The molecule has 1 fully saturated rings. The highest BCUT2D eigenvalue weighted by Crippen LogP contribution is 2.62. The Morgan fingerprint density at radius 2 is 1.28 bits per heavy atom. The lowest BCUT2D eigenvalue weighted by atomic mass is 9.73. The van der Waals surface area contributed by atoms with Crippen LogP contribution < -0.4 is 0 Å². The fourth-order valence-electron chi connectivity index (χ4n) is 3.50. The summed E-state index contributed by atoms with van der Waals surface area (Å²) in [6.45, 7) is 4.37. The molecule has 0 saturated carbocycles. The molecule has 2 aromatic rings. The zero-order valence-corrected chi connectivity index (χ0v) is 10.7. The van der Waals surface area contributed by atoms with Crippen LogP contribution in [0, 0.1) is 0 Å². The zero-order valence-electron chi connectivity index (χ0n) is 10.7. The largest absolute Gasteiger partial charge is 0.353 e. The van der Waals surface area contributed by atoms with Gasteiger partial charge in [0.25, 0.3) is 0 Å². The van der Waals surface area contributed by atoms with Gasteiger partial charge < -0.3 is 4.74 Å². The zero-order chi connectivity index (χ0) is 12.4. The minimum Gasteiger partial charge on any atom is -0.353 e. The molecule has 1 heterocycles. The fraction of sp³-hybridized carbons (Fsp3) is 0.294. The molecule has 1 spiro atoms. The Morgan fingerprint density at radius 1 is 0.833 bits per heavy atom. The highest BCUT2D eigenvalue weighted by Gasteiger charge is 2.67. The monoisotopic (exact) mass is 236 g/mol. The average molecular weight is 236 g/mol. The van der Waals surface area contributed by atoms with Gasteiger partial charge in [-0.25, -0.2) is 0 Å². The van der Waals surface area contributed by atoms with Crippen LogP contribution in [0.25, 0.3) is 0 Å². The van der Waals surface area contributed by atoms with Crippen LogP contribution in [-0.2, 0) is 16.8 Å². The van der Waals surface area contributed by atoms with E-state index in [0.29, 0.717) is 0 Å². The van der Waals surface area contributed by atoms with Gasteiger partial charge in [-0.05, 0) is 42.5 Å². The van der Waals surface area contributed by atoms with Crippen LogP contribution in [-0.4, -0.2) is 5.60 Å². The fourth-order valence-corrected chi connectivity index (χ4v) is 3.50. The van der Waals surface area contributed by atoms with Gasteiger partial charge in [0.2, 0.25) is 0 Å². The number of hydrogen-bond acceptors (Lipinski definition) is 1. The van der Waals surface area contributed by atoms with Gasteiger partial charge in [-0.15, -0.1) is 0 Å². The lowest BCUT2D eigenvalue weighted by Gasteiger charge is -2.27. The van der Waals surface area contributed by atoms with Crippen molar-refractivity contribution in [3.8, 4) is 0 Å². The summed E-state index contributed by atoms with van der Waals surface area (Å²) in [7, 11) is 0. The second-order valence-electron chi connectivity index (χ2n) is 5.78. The maximum absolute atomic E-state index is 6.19. The lowest BCUT2D eigenvalue weighted by Crippen LogP contribution is -2.26. The number of benzene rings is 2. The smallest absolute Gasteiger partial charge is 0.148 e. The van der Waals surface area contributed by atoms with E-state index in [1.54, 1.807) is 0 Å². The van der Waals surface area contributed by atoms with Crippen molar-refractivity contribution >= 4 is 0 Å². The molecule has 90 valence electrons. The average Bonchev–Trinajstić information content (AvgIpc) is 2.94. The first-order chi connectivity index (χ1) is 8.65. The molecule has 1 aliphatic carbocycles. The van der Waals surface area contributed by atoms with Gasteiger partial charge >= 0.3 is 0 Å². The number of ether oxygens (including phenoxy) is 1. The predicted octanol–water partition coefficient (Wildman–Crippen LogP) is 3.64. The molecule has 1 aliphatic heterocycles. The van der Waals surface area contributed by atoms with E-state index in [4.69, 9.17) is 4.74 Å². The first-order valence-electron chi connectivity index (χ1n) is 6.52. The Morgan fingerprint density at radius 3 is 1.72 bits per heavy atom. The van der Waals surface area contributed by atoms with Gasteiger partial charge in [0.1, 0.15) is 11.2 Å². The molecule has 0 amide bonds. The third kappa shape index (κ3) is 1.06. The molecule has 0 radical (unpaired) electrons. The van der Waals surface area contributed by atoms with Crippen molar-refractivity contribution in [2.45, 2.75) is 31.5 Å². The Kier molecular flexibility index (Phi) is 1.75. The summed E-state index contributed by atoms with van der Waals surface area (Å²) in [5, 5.41) is 0. The molecule has 0 bridgehead atoms. The van der Waals surface area contributed by atoms with Crippen LogP contribution >= 0.6 is 0 Å². The highest BCUT2D eigenvalue weighted by atomic mass is 16.6. The van der Waals surface area contributed by atoms with Crippen LogP contribution in [0.3, 0.4) is 0 Å². The molecule has 1 heteroatoms. The minimum absolute atomic E-state index is 0.0976. The van der Waals surface area contributed by atoms with Gasteiger partial charge in [0.15, 0.2) is 0 Å². The number of hydrogen-bond donors (Lipinski definition) is 0. The Bertz CT molecular complexity index is 594. The van der Waals surface area contributed by atoms with Crippen molar-refractivity contribution in [3.05, 3.63) is 70.8 Å². The Balaban J connectivity index is 2.04. The van der Waals surface area contributed by atoms with E-state index in [9.17, 15) is 0 Å². The summed E-state index contributed by atoms with van der Waals surface area (Å²) in [4.78, 5) is 0. The van der Waals surface area contributed by atoms with E-state index < -0.39 is 0 Å². The molecule has 0 N–H and O–H groups in total. The van der Waals surface area contributed by atoms with Crippen LogP contribution in [0.1, 0.15) is 36.1 Å². The summed E-state index contributed by atoms with van der Waals surface area (Å²) in [5.41, 5.74) is 5.21. The van der Waals surface area contributed by atoms with Crippen molar-refractivity contribution in [2.75, 3.05) is 0 Å². The molecule has 18 heavy (non-hydrogen) atoms. The van der Waals surface area contributed by atoms with Crippen molar-refractivity contribution in [1.82, 2.24) is 0 Å². The maximum Gasteiger partial charge on any atom is 0.148 e. The summed E-state index contributed by atoms with van der Waals surface area (Å²) in [5.74, 6) is 0. The van der Waals surface area contributed by atoms with Gasteiger partial charge in [-0.1, -0.05) is 48.5 Å².